The van der Waals surface area contributed by atoms with Crippen LogP contribution in [0.2, 0.25) is 0 Å². The lowest BCUT2D eigenvalue weighted by molar-refractivity contribution is 0.564. The minimum absolute atomic E-state index is 0.253. The third kappa shape index (κ3) is 2.08. The van der Waals surface area contributed by atoms with Crippen LogP contribution < -0.4 is 10.6 Å². The van der Waals surface area contributed by atoms with Crippen molar-refractivity contribution in [3.63, 3.8) is 0 Å². The number of hydrogen-bond acceptors (Lipinski definition) is 7. The third-order valence-electron chi connectivity index (χ3n) is 5.35. The van der Waals surface area contributed by atoms with Crippen molar-refractivity contribution < 1.29 is 0 Å². The number of benzene rings is 1. The van der Waals surface area contributed by atoms with Gasteiger partial charge < -0.3 is 10.6 Å². The summed E-state index contributed by atoms with van der Waals surface area (Å²) >= 11 is 3.24. The molecule has 2 aliphatic rings. The number of anilines is 1. The lowest BCUT2D eigenvalue weighted by Crippen LogP contribution is -2.31. The molecule has 2 N–H and O–H groups in total. The quantitative estimate of drug-likeness (QED) is 0.755. The second-order valence-electron chi connectivity index (χ2n) is 6.70. The topological polar surface area (TPSA) is 89.2 Å². The van der Waals surface area contributed by atoms with E-state index in [2.05, 4.69) is 26.0 Å². The Bertz CT molecular complexity index is 814. The fourth-order valence-corrected chi connectivity index (χ4v) is 7.47. The van der Waals surface area contributed by atoms with Gasteiger partial charge in [0.25, 0.3) is 0 Å². The number of nitriles is 2. The lowest BCUT2D eigenvalue weighted by atomic mass is 9.97. The molecular formula is C19H23N5S2. The number of hydrogen-bond donors (Lipinski definition) is 1. The SMILES string of the molecule is CCSC1(SCC)N=C(N)C2(C#N)C(c3ccc(N(C)C)cc3)C12C#N. The van der Waals surface area contributed by atoms with Gasteiger partial charge in [0, 0.05) is 25.7 Å². The Kier molecular flexibility index (Phi) is 4.67. The van der Waals surface area contributed by atoms with Gasteiger partial charge in [0.15, 0.2) is 4.20 Å². The molecule has 3 atom stereocenters. The van der Waals surface area contributed by atoms with Crippen LogP contribution in [0.25, 0.3) is 0 Å². The fraction of sp³-hybridized carbons (Fsp3) is 0.526. The van der Waals surface area contributed by atoms with Crippen molar-refractivity contribution in [2.45, 2.75) is 24.0 Å². The van der Waals surface area contributed by atoms with Crippen molar-refractivity contribution in [3.05, 3.63) is 29.8 Å². The molecule has 0 bridgehead atoms. The second kappa shape index (κ2) is 6.40. The van der Waals surface area contributed by atoms with Crippen molar-refractivity contribution in [1.82, 2.24) is 0 Å². The monoisotopic (exact) mass is 385 g/mol. The molecule has 3 unspecified atom stereocenters. The molecule has 1 fully saturated rings. The number of nitrogens with two attached hydrogens (primary N) is 1. The van der Waals surface area contributed by atoms with Gasteiger partial charge in [-0.3, -0.25) is 0 Å². The van der Waals surface area contributed by atoms with Crippen molar-refractivity contribution in [1.29, 1.82) is 10.5 Å². The molecule has 1 saturated carbocycles. The summed E-state index contributed by atoms with van der Waals surface area (Å²) in [6.07, 6.45) is 0. The van der Waals surface area contributed by atoms with Crippen LogP contribution in [0, 0.1) is 33.5 Å². The Labute approximate surface area is 163 Å². The van der Waals surface area contributed by atoms with Crippen LogP contribution in [0.5, 0.6) is 0 Å². The normalized spacial score (nSPS) is 30.7. The van der Waals surface area contributed by atoms with Gasteiger partial charge in [-0.1, -0.05) is 26.0 Å². The van der Waals surface area contributed by atoms with Gasteiger partial charge >= 0.3 is 0 Å². The number of amidine groups is 1. The Morgan fingerprint density at radius 1 is 1.12 bits per heavy atom. The summed E-state index contributed by atoms with van der Waals surface area (Å²) in [7, 11) is 3.97. The van der Waals surface area contributed by atoms with Gasteiger partial charge in [-0.25, -0.2) is 4.99 Å². The Morgan fingerprint density at radius 3 is 2.12 bits per heavy atom. The molecule has 26 heavy (non-hydrogen) atoms. The van der Waals surface area contributed by atoms with Crippen molar-refractivity contribution >= 4 is 35.0 Å². The lowest BCUT2D eigenvalue weighted by Gasteiger charge is -2.31. The van der Waals surface area contributed by atoms with Gasteiger partial charge in [-0.2, -0.15) is 10.5 Å². The van der Waals surface area contributed by atoms with Crippen LogP contribution in [0.4, 0.5) is 5.69 Å². The summed E-state index contributed by atoms with van der Waals surface area (Å²) in [5, 5.41) is 20.4. The summed E-state index contributed by atoms with van der Waals surface area (Å²) in [5.74, 6) is 1.67. The summed E-state index contributed by atoms with van der Waals surface area (Å²) in [4.78, 5) is 6.73. The number of nitrogens with zero attached hydrogens (tertiary/aromatic N) is 4. The first-order chi connectivity index (χ1) is 12.4. The molecule has 1 aromatic rings. The molecule has 1 aliphatic carbocycles. The number of aliphatic imine (C=N–C) groups is 1. The van der Waals surface area contributed by atoms with Crippen LogP contribution in [-0.4, -0.2) is 35.6 Å². The van der Waals surface area contributed by atoms with E-state index in [1.165, 1.54) is 0 Å². The summed E-state index contributed by atoms with van der Waals surface area (Å²) in [6.45, 7) is 4.10. The Balaban J connectivity index is 2.15. The van der Waals surface area contributed by atoms with Gasteiger partial charge in [0.2, 0.25) is 0 Å². The standard InChI is InChI=1S/C19H23N5S2/c1-5-25-19(26-6-2)18(12-21)15(17(18,11-20)16(22)23-19)13-7-9-14(10-8-13)24(3)4/h7-10,15H,5-6H2,1-4H3,(H2,22,23). The van der Waals surface area contributed by atoms with E-state index in [9.17, 15) is 10.5 Å². The Morgan fingerprint density at radius 2 is 1.69 bits per heavy atom. The predicted molar refractivity (Wildman–Crippen MR) is 110 cm³/mol. The zero-order valence-corrected chi connectivity index (χ0v) is 17.1. The first kappa shape index (κ1) is 18.9. The van der Waals surface area contributed by atoms with Gasteiger partial charge in [-0.15, -0.1) is 23.5 Å². The van der Waals surface area contributed by atoms with Crippen LogP contribution in [0.3, 0.4) is 0 Å². The van der Waals surface area contributed by atoms with Crippen LogP contribution in [-0.2, 0) is 0 Å². The molecule has 1 aliphatic heterocycles. The minimum atomic E-state index is -1.04. The molecule has 136 valence electrons. The summed E-state index contributed by atoms with van der Waals surface area (Å²) in [5.41, 5.74) is 6.40. The first-order valence-corrected chi connectivity index (χ1v) is 10.6. The summed E-state index contributed by atoms with van der Waals surface area (Å²) in [6, 6.07) is 13.0. The second-order valence-corrected chi connectivity index (χ2v) is 9.88. The molecule has 3 rings (SSSR count). The highest BCUT2D eigenvalue weighted by molar-refractivity contribution is 8.18. The molecule has 0 spiro atoms. The zero-order chi connectivity index (χ0) is 19.2. The van der Waals surface area contributed by atoms with Crippen LogP contribution in [0.1, 0.15) is 25.3 Å². The fourth-order valence-electron chi connectivity index (χ4n) is 4.21. The molecule has 7 heteroatoms. The first-order valence-electron chi connectivity index (χ1n) is 8.64. The minimum Gasteiger partial charge on any atom is -0.386 e. The molecule has 5 nitrogen and oxygen atoms in total. The molecule has 1 aromatic carbocycles. The van der Waals surface area contributed by atoms with Crippen LogP contribution >= 0.6 is 23.5 Å². The smallest absolute Gasteiger partial charge is 0.175 e. The molecule has 0 saturated heterocycles. The largest absolute Gasteiger partial charge is 0.386 e. The number of thioether (sulfide) groups is 2. The van der Waals surface area contributed by atoms with E-state index in [1.807, 2.05) is 43.3 Å². The molecular weight excluding hydrogens is 362 g/mol. The third-order valence-corrected chi connectivity index (χ3v) is 8.24. The number of fused-ring (bicyclic) bond motifs is 1. The highest BCUT2D eigenvalue weighted by Gasteiger charge is 2.91. The van der Waals surface area contributed by atoms with E-state index >= 15 is 0 Å². The van der Waals surface area contributed by atoms with Crippen molar-refractivity contribution in [2.24, 2.45) is 21.6 Å². The van der Waals surface area contributed by atoms with E-state index in [0.717, 1.165) is 22.8 Å². The molecule has 1 heterocycles. The van der Waals surface area contributed by atoms with Crippen molar-refractivity contribution in [3.8, 4) is 12.1 Å². The van der Waals surface area contributed by atoms with E-state index in [-0.39, 0.29) is 5.92 Å². The van der Waals surface area contributed by atoms with Crippen molar-refractivity contribution in [2.75, 3.05) is 30.5 Å². The van der Waals surface area contributed by atoms with E-state index in [0.29, 0.717) is 5.84 Å². The molecule has 0 aromatic heterocycles. The van der Waals surface area contributed by atoms with Gasteiger partial charge in [-0.05, 0) is 29.2 Å². The van der Waals surface area contributed by atoms with Gasteiger partial charge in [0.1, 0.15) is 16.7 Å². The van der Waals surface area contributed by atoms with E-state index in [4.69, 9.17) is 10.7 Å². The maximum absolute atomic E-state index is 10.3. The van der Waals surface area contributed by atoms with E-state index < -0.39 is 15.0 Å². The predicted octanol–water partition coefficient (Wildman–Crippen LogP) is 3.40. The maximum Gasteiger partial charge on any atom is 0.175 e. The highest BCUT2D eigenvalue weighted by atomic mass is 32.2. The number of rotatable bonds is 6. The zero-order valence-electron chi connectivity index (χ0n) is 15.5. The van der Waals surface area contributed by atoms with E-state index in [1.54, 1.807) is 23.5 Å². The average Bonchev–Trinajstić information content (AvgIpc) is 3.21. The van der Waals surface area contributed by atoms with Crippen LogP contribution in [0.15, 0.2) is 29.3 Å². The maximum atomic E-state index is 10.3. The summed E-state index contributed by atoms with van der Waals surface area (Å²) < 4.78 is -0.726. The average molecular weight is 386 g/mol. The Hall–Kier alpha value is -1.83. The molecule has 0 amide bonds. The molecule has 0 radical (unpaired) electrons. The highest BCUT2D eigenvalue weighted by Crippen LogP contribution is 2.85. The van der Waals surface area contributed by atoms with Gasteiger partial charge in [0.05, 0.1) is 12.1 Å².